The lowest BCUT2D eigenvalue weighted by Crippen LogP contribution is -2.43. The third-order valence-electron chi connectivity index (χ3n) is 5.51. The van der Waals surface area contributed by atoms with E-state index in [-0.39, 0.29) is 17.0 Å². The highest BCUT2D eigenvalue weighted by molar-refractivity contribution is 7.90. The third-order valence-corrected chi connectivity index (χ3v) is 7.65. The molecule has 0 bridgehead atoms. The molecule has 1 unspecified atom stereocenters. The maximum atomic E-state index is 13.0. The van der Waals surface area contributed by atoms with Crippen molar-refractivity contribution in [1.82, 2.24) is 15.2 Å². The highest BCUT2D eigenvalue weighted by atomic mass is 35.5. The van der Waals surface area contributed by atoms with Crippen LogP contribution in [0.15, 0.2) is 29.3 Å². The largest absolute Gasteiger partial charge is 0.341 e. The van der Waals surface area contributed by atoms with Crippen molar-refractivity contribution in [3.8, 4) is 0 Å². The molecule has 1 aromatic heterocycles. The number of urea groups is 2. The van der Waals surface area contributed by atoms with Gasteiger partial charge in [0, 0.05) is 44.0 Å². The van der Waals surface area contributed by atoms with Crippen LogP contribution in [0, 0.1) is 0 Å². The second-order valence-corrected chi connectivity index (χ2v) is 11.1. The highest BCUT2D eigenvalue weighted by Crippen LogP contribution is 2.47. The minimum absolute atomic E-state index is 0.188. The standard InChI is InChI=1S/C18H20ClN5O4S2/c1-20-16(25)23-6-5-18(9-23)10-24(17(26)22-15-21-8-14(19)29-15)13-4-3-11(7-12(13)18)30(2,27)28/h3-4,7-8H,5-6,9-10H2,1-2H3,(H,20,25)(H,21,22,26). The fraction of sp³-hybridized carbons (Fsp3) is 0.389. The molecular weight excluding hydrogens is 450 g/mol. The van der Waals surface area contributed by atoms with E-state index in [1.54, 1.807) is 29.0 Å². The van der Waals surface area contributed by atoms with E-state index in [2.05, 4.69) is 15.6 Å². The first-order chi connectivity index (χ1) is 14.1. The molecule has 1 spiro atoms. The first-order valence-corrected chi connectivity index (χ1v) is 12.2. The van der Waals surface area contributed by atoms with E-state index in [0.29, 0.717) is 41.2 Å². The van der Waals surface area contributed by atoms with Crippen molar-refractivity contribution in [3.63, 3.8) is 0 Å². The van der Waals surface area contributed by atoms with Crippen molar-refractivity contribution < 1.29 is 18.0 Å². The third kappa shape index (κ3) is 3.61. The van der Waals surface area contributed by atoms with Gasteiger partial charge >= 0.3 is 12.1 Å². The number of hydrogen-bond acceptors (Lipinski definition) is 6. The summed E-state index contributed by atoms with van der Waals surface area (Å²) in [6.07, 6.45) is 3.23. The number of aromatic nitrogens is 1. The Bertz CT molecular complexity index is 1140. The van der Waals surface area contributed by atoms with Gasteiger partial charge in [0.05, 0.1) is 11.1 Å². The number of carbonyl (C=O) groups excluding carboxylic acids is 2. The van der Waals surface area contributed by atoms with Gasteiger partial charge in [0.2, 0.25) is 0 Å². The molecule has 2 aromatic rings. The summed E-state index contributed by atoms with van der Waals surface area (Å²) in [7, 11) is -1.86. The Morgan fingerprint density at radius 3 is 2.67 bits per heavy atom. The molecular formula is C18H20ClN5O4S2. The molecule has 12 heteroatoms. The fourth-order valence-electron chi connectivity index (χ4n) is 4.08. The molecule has 4 amide bonds. The topological polar surface area (TPSA) is 112 Å². The molecule has 1 atom stereocenters. The molecule has 9 nitrogen and oxygen atoms in total. The van der Waals surface area contributed by atoms with Gasteiger partial charge in [0.15, 0.2) is 15.0 Å². The Morgan fingerprint density at radius 1 is 1.27 bits per heavy atom. The van der Waals surface area contributed by atoms with E-state index in [0.717, 1.165) is 23.2 Å². The van der Waals surface area contributed by atoms with Crippen molar-refractivity contribution >= 4 is 55.7 Å². The van der Waals surface area contributed by atoms with Crippen LogP contribution in [0.3, 0.4) is 0 Å². The van der Waals surface area contributed by atoms with Crippen molar-refractivity contribution in [2.75, 3.05) is 43.2 Å². The van der Waals surface area contributed by atoms with Crippen molar-refractivity contribution in [2.24, 2.45) is 0 Å². The number of nitrogens with one attached hydrogen (secondary N) is 2. The highest BCUT2D eigenvalue weighted by Gasteiger charge is 2.50. The number of likely N-dealkylation sites (tertiary alicyclic amines) is 1. The molecule has 0 radical (unpaired) electrons. The van der Waals surface area contributed by atoms with Gasteiger partial charge < -0.3 is 10.2 Å². The lowest BCUT2D eigenvalue weighted by atomic mass is 9.81. The number of rotatable bonds is 2. The number of sulfone groups is 1. The number of nitrogens with zero attached hydrogens (tertiary/aromatic N) is 3. The number of carbonyl (C=O) groups is 2. The summed E-state index contributed by atoms with van der Waals surface area (Å²) >= 11 is 7.04. The Morgan fingerprint density at radius 2 is 2.03 bits per heavy atom. The minimum atomic E-state index is -3.42. The van der Waals surface area contributed by atoms with Gasteiger partial charge in [0.1, 0.15) is 4.34 Å². The Kier molecular flexibility index (Phi) is 5.15. The smallest absolute Gasteiger partial charge is 0.328 e. The average Bonchev–Trinajstić information content (AvgIpc) is 3.39. The summed E-state index contributed by atoms with van der Waals surface area (Å²) in [6, 6.07) is 4.19. The molecule has 3 heterocycles. The quantitative estimate of drug-likeness (QED) is 0.702. The second-order valence-electron chi connectivity index (χ2n) is 7.44. The van der Waals surface area contributed by atoms with Crippen LogP contribution in [-0.2, 0) is 15.3 Å². The predicted molar refractivity (Wildman–Crippen MR) is 115 cm³/mol. The number of amides is 4. The summed E-state index contributed by atoms with van der Waals surface area (Å²) in [5, 5.41) is 5.74. The lowest BCUT2D eigenvalue weighted by molar-refractivity contribution is 0.208. The molecule has 2 aliphatic rings. The van der Waals surface area contributed by atoms with Crippen LogP contribution >= 0.6 is 22.9 Å². The first kappa shape index (κ1) is 20.9. The van der Waals surface area contributed by atoms with Crippen LogP contribution < -0.4 is 15.5 Å². The molecule has 160 valence electrons. The molecule has 2 aliphatic heterocycles. The van der Waals surface area contributed by atoms with Gasteiger partial charge in [-0.15, -0.1) is 0 Å². The normalized spacial score (nSPS) is 20.5. The van der Waals surface area contributed by atoms with E-state index in [4.69, 9.17) is 11.6 Å². The van der Waals surface area contributed by atoms with Crippen LogP contribution in [0.1, 0.15) is 12.0 Å². The predicted octanol–water partition coefficient (Wildman–Crippen LogP) is 2.54. The summed E-state index contributed by atoms with van der Waals surface area (Å²) in [6.45, 7) is 1.23. The van der Waals surface area contributed by atoms with Crippen molar-refractivity contribution in [3.05, 3.63) is 34.3 Å². The van der Waals surface area contributed by atoms with E-state index >= 15 is 0 Å². The second kappa shape index (κ2) is 7.40. The lowest BCUT2D eigenvalue weighted by Gasteiger charge is -2.25. The van der Waals surface area contributed by atoms with Crippen LogP contribution in [0.5, 0.6) is 0 Å². The summed E-state index contributed by atoms with van der Waals surface area (Å²) in [4.78, 5) is 32.7. The zero-order valence-corrected chi connectivity index (χ0v) is 18.7. The van der Waals surface area contributed by atoms with E-state index in [9.17, 15) is 18.0 Å². The molecule has 1 fully saturated rings. The van der Waals surface area contributed by atoms with Crippen LogP contribution in [0.2, 0.25) is 4.34 Å². The number of anilines is 2. The Labute approximate surface area is 182 Å². The maximum Gasteiger partial charge on any atom is 0.328 e. The zero-order valence-electron chi connectivity index (χ0n) is 16.3. The summed E-state index contributed by atoms with van der Waals surface area (Å²) in [5.41, 5.74) is 0.839. The first-order valence-electron chi connectivity index (χ1n) is 9.14. The van der Waals surface area contributed by atoms with Gasteiger partial charge in [-0.05, 0) is 30.2 Å². The molecule has 0 aliphatic carbocycles. The maximum absolute atomic E-state index is 13.0. The number of hydrogen-bond donors (Lipinski definition) is 2. The number of halogens is 1. The minimum Gasteiger partial charge on any atom is -0.341 e. The van der Waals surface area contributed by atoms with E-state index < -0.39 is 15.3 Å². The number of fused-ring (bicyclic) bond motifs is 2. The molecule has 0 saturated carbocycles. The Balaban J connectivity index is 1.72. The molecule has 1 saturated heterocycles. The van der Waals surface area contributed by atoms with E-state index in [1.165, 1.54) is 12.3 Å². The number of benzene rings is 1. The zero-order chi connectivity index (χ0) is 21.7. The van der Waals surface area contributed by atoms with Crippen LogP contribution in [-0.4, -0.2) is 63.3 Å². The van der Waals surface area contributed by atoms with Crippen LogP contribution in [0.25, 0.3) is 0 Å². The molecule has 2 N–H and O–H groups in total. The van der Waals surface area contributed by atoms with Crippen molar-refractivity contribution in [2.45, 2.75) is 16.7 Å². The van der Waals surface area contributed by atoms with Gasteiger partial charge in [-0.2, -0.15) is 0 Å². The SMILES string of the molecule is CNC(=O)N1CCC2(C1)CN(C(=O)Nc1ncc(Cl)s1)c1ccc(S(C)(=O)=O)cc12. The van der Waals surface area contributed by atoms with E-state index in [1.807, 2.05) is 0 Å². The van der Waals surface area contributed by atoms with Gasteiger partial charge in [-0.1, -0.05) is 22.9 Å². The Hall–Kier alpha value is -2.37. The van der Waals surface area contributed by atoms with Gasteiger partial charge in [-0.3, -0.25) is 10.2 Å². The fourth-order valence-corrected chi connectivity index (χ4v) is 5.53. The van der Waals surface area contributed by atoms with Crippen molar-refractivity contribution in [1.29, 1.82) is 0 Å². The average molecular weight is 470 g/mol. The number of thiazole rings is 1. The molecule has 4 rings (SSSR count). The summed E-state index contributed by atoms with van der Waals surface area (Å²) in [5.74, 6) is 0. The van der Waals surface area contributed by atoms with Gasteiger partial charge in [-0.25, -0.2) is 23.0 Å². The molecule has 1 aromatic carbocycles. The van der Waals surface area contributed by atoms with Gasteiger partial charge in [0.25, 0.3) is 0 Å². The molecule has 30 heavy (non-hydrogen) atoms. The van der Waals surface area contributed by atoms with Crippen LogP contribution in [0.4, 0.5) is 20.4 Å². The summed E-state index contributed by atoms with van der Waals surface area (Å²) < 4.78 is 24.7. The monoisotopic (exact) mass is 469 g/mol.